The molecule has 8 nitrogen and oxygen atoms in total. The Morgan fingerprint density at radius 2 is 2.00 bits per heavy atom. The second-order valence-electron chi connectivity index (χ2n) is 6.60. The highest BCUT2D eigenvalue weighted by atomic mass is 16.1. The van der Waals surface area contributed by atoms with Crippen molar-refractivity contribution in [2.24, 2.45) is 0 Å². The molecule has 146 valence electrons. The van der Waals surface area contributed by atoms with E-state index in [-0.39, 0.29) is 5.91 Å². The third-order valence-corrected chi connectivity index (χ3v) is 4.51. The number of amides is 1. The van der Waals surface area contributed by atoms with E-state index in [2.05, 4.69) is 32.3 Å². The molecular weight excluding hydrogens is 366 g/mol. The molecule has 0 aliphatic rings. The number of hydrogen-bond acceptors (Lipinski definition) is 6. The van der Waals surface area contributed by atoms with Crippen molar-refractivity contribution in [3.8, 4) is 22.5 Å². The standard InChI is InChI=1S/C21H21N7O/c1-2-3-10-24-21(29)17-9-6-8-15(26-17)14-12-25-20-18(16-7-4-5-11-23-16)19(22)27-28(20)13-14/h4-9,11-13H,2-3,10H2,1H3,(H2,22,27)(H,24,29). The molecule has 0 unspecified atom stereocenters. The Hall–Kier alpha value is -3.81. The van der Waals surface area contributed by atoms with E-state index in [1.165, 1.54) is 0 Å². The first kappa shape index (κ1) is 18.5. The normalized spacial score (nSPS) is 10.9. The quantitative estimate of drug-likeness (QED) is 0.492. The summed E-state index contributed by atoms with van der Waals surface area (Å²) in [5, 5.41) is 7.25. The molecule has 0 spiro atoms. The number of rotatable bonds is 6. The van der Waals surface area contributed by atoms with Crippen LogP contribution in [0.5, 0.6) is 0 Å². The van der Waals surface area contributed by atoms with Gasteiger partial charge in [0.1, 0.15) is 5.69 Å². The van der Waals surface area contributed by atoms with Crippen molar-refractivity contribution in [2.45, 2.75) is 19.8 Å². The Morgan fingerprint density at radius 3 is 2.79 bits per heavy atom. The molecule has 0 bridgehead atoms. The van der Waals surface area contributed by atoms with E-state index in [1.54, 1.807) is 35.2 Å². The van der Waals surface area contributed by atoms with Crippen molar-refractivity contribution in [1.82, 2.24) is 29.9 Å². The summed E-state index contributed by atoms with van der Waals surface area (Å²) in [5.41, 5.74) is 9.86. The van der Waals surface area contributed by atoms with Gasteiger partial charge in [0.2, 0.25) is 0 Å². The molecule has 0 radical (unpaired) electrons. The molecule has 0 fully saturated rings. The average molecular weight is 387 g/mol. The van der Waals surface area contributed by atoms with Gasteiger partial charge < -0.3 is 11.1 Å². The Balaban J connectivity index is 1.67. The monoisotopic (exact) mass is 387 g/mol. The first-order valence-electron chi connectivity index (χ1n) is 9.48. The van der Waals surface area contributed by atoms with E-state index in [9.17, 15) is 4.79 Å². The van der Waals surface area contributed by atoms with Crippen molar-refractivity contribution in [1.29, 1.82) is 0 Å². The van der Waals surface area contributed by atoms with Gasteiger partial charge in [-0.1, -0.05) is 25.5 Å². The molecule has 0 saturated carbocycles. The molecule has 8 heteroatoms. The van der Waals surface area contributed by atoms with Gasteiger partial charge in [-0.15, -0.1) is 5.10 Å². The number of pyridine rings is 2. The predicted octanol–water partition coefficient (Wildman–Crippen LogP) is 2.97. The van der Waals surface area contributed by atoms with Gasteiger partial charge in [-0.2, -0.15) is 0 Å². The highest BCUT2D eigenvalue weighted by molar-refractivity contribution is 5.92. The Bertz CT molecular complexity index is 1150. The third-order valence-electron chi connectivity index (χ3n) is 4.51. The Labute approximate surface area is 167 Å². The SMILES string of the molecule is CCCCNC(=O)c1cccc(-c2cnc3c(-c4ccccn4)c(N)nn3c2)n1. The number of anilines is 1. The number of carbonyl (C=O) groups excluding carboxylic acids is 1. The summed E-state index contributed by atoms with van der Waals surface area (Å²) in [6.07, 6.45) is 7.15. The first-order valence-corrected chi connectivity index (χ1v) is 9.48. The molecule has 0 atom stereocenters. The van der Waals surface area contributed by atoms with Crippen LogP contribution in [0.2, 0.25) is 0 Å². The topological polar surface area (TPSA) is 111 Å². The van der Waals surface area contributed by atoms with Crippen molar-refractivity contribution in [3.05, 3.63) is 60.7 Å². The molecule has 4 aromatic rings. The summed E-state index contributed by atoms with van der Waals surface area (Å²) in [7, 11) is 0. The minimum absolute atomic E-state index is 0.185. The van der Waals surface area contributed by atoms with Crippen LogP contribution >= 0.6 is 0 Å². The molecule has 1 amide bonds. The highest BCUT2D eigenvalue weighted by Gasteiger charge is 2.16. The number of aromatic nitrogens is 5. The molecule has 0 saturated heterocycles. The van der Waals surface area contributed by atoms with Gasteiger partial charge in [-0.05, 0) is 30.7 Å². The van der Waals surface area contributed by atoms with E-state index in [4.69, 9.17) is 5.73 Å². The molecule has 4 rings (SSSR count). The number of nitrogen functional groups attached to an aromatic ring is 1. The predicted molar refractivity (Wildman–Crippen MR) is 111 cm³/mol. The summed E-state index contributed by atoms with van der Waals surface area (Å²) in [6.45, 7) is 2.72. The van der Waals surface area contributed by atoms with E-state index in [0.29, 0.717) is 40.7 Å². The second kappa shape index (κ2) is 8.05. The van der Waals surface area contributed by atoms with Gasteiger partial charge in [0.05, 0.1) is 17.0 Å². The number of nitrogens with zero attached hydrogens (tertiary/aromatic N) is 5. The molecule has 0 aliphatic carbocycles. The summed E-state index contributed by atoms with van der Waals surface area (Å²) in [5.74, 6) is 0.167. The number of hydrogen-bond donors (Lipinski definition) is 2. The van der Waals surface area contributed by atoms with Crippen LogP contribution in [0.25, 0.3) is 28.2 Å². The fourth-order valence-electron chi connectivity index (χ4n) is 3.03. The van der Waals surface area contributed by atoms with Gasteiger partial charge in [-0.3, -0.25) is 9.78 Å². The Kier molecular flexibility index (Phi) is 5.15. The number of nitrogens with two attached hydrogens (primary N) is 1. The number of fused-ring (bicyclic) bond motifs is 1. The number of carbonyl (C=O) groups is 1. The minimum atomic E-state index is -0.185. The molecule has 3 N–H and O–H groups in total. The third kappa shape index (κ3) is 3.77. The van der Waals surface area contributed by atoms with Crippen molar-refractivity contribution in [2.75, 3.05) is 12.3 Å². The number of nitrogens with one attached hydrogen (secondary N) is 1. The maximum Gasteiger partial charge on any atom is 0.269 e. The smallest absolute Gasteiger partial charge is 0.269 e. The zero-order valence-electron chi connectivity index (χ0n) is 16.0. The summed E-state index contributed by atoms with van der Waals surface area (Å²) >= 11 is 0. The maximum absolute atomic E-state index is 12.3. The zero-order valence-corrected chi connectivity index (χ0v) is 16.0. The fourth-order valence-corrected chi connectivity index (χ4v) is 3.03. The van der Waals surface area contributed by atoms with Crippen LogP contribution in [0.15, 0.2) is 55.0 Å². The lowest BCUT2D eigenvalue weighted by Gasteiger charge is -2.06. The van der Waals surface area contributed by atoms with E-state index >= 15 is 0 Å². The molecule has 4 aromatic heterocycles. The van der Waals surface area contributed by atoms with Crippen LogP contribution in [0.3, 0.4) is 0 Å². The lowest BCUT2D eigenvalue weighted by atomic mass is 10.2. The second-order valence-corrected chi connectivity index (χ2v) is 6.60. The van der Waals surface area contributed by atoms with E-state index in [1.807, 2.05) is 24.3 Å². The maximum atomic E-state index is 12.3. The Morgan fingerprint density at radius 1 is 1.14 bits per heavy atom. The molecule has 29 heavy (non-hydrogen) atoms. The van der Waals surface area contributed by atoms with Gasteiger partial charge in [0, 0.05) is 30.7 Å². The van der Waals surface area contributed by atoms with Crippen molar-refractivity contribution < 1.29 is 4.79 Å². The van der Waals surface area contributed by atoms with Crippen LogP contribution in [0.4, 0.5) is 5.82 Å². The van der Waals surface area contributed by atoms with Crippen molar-refractivity contribution in [3.63, 3.8) is 0 Å². The van der Waals surface area contributed by atoms with Crippen LogP contribution in [0.1, 0.15) is 30.3 Å². The highest BCUT2D eigenvalue weighted by Crippen LogP contribution is 2.28. The van der Waals surface area contributed by atoms with E-state index in [0.717, 1.165) is 18.4 Å². The van der Waals surface area contributed by atoms with Crippen LogP contribution in [-0.2, 0) is 0 Å². The van der Waals surface area contributed by atoms with E-state index < -0.39 is 0 Å². The first-order chi connectivity index (χ1) is 14.2. The minimum Gasteiger partial charge on any atom is -0.382 e. The van der Waals surface area contributed by atoms with Gasteiger partial charge >= 0.3 is 0 Å². The van der Waals surface area contributed by atoms with Crippen LogP contribution < -0.4 is 11.1 Å². The molecular formula is C21H21N7O. The van der Waals surface area contributed by atoms with Crippen LogP contribution in [-0.4, -0.2) is 37.0 Å². The molecule has 4 heterocycles. The lowest BCUT2D eigenvalue weighted by molar-refractivity contribution is 0.0948. The summed E-state index contributed by atoms with van der Waals surface area (Å²) in [4.78, 5) is 25.6. The van der Waals surface area contributed by atoms with Gasteiger partial charge in [-0.25, -0.2) is 14.5 Å². The average Bonchev–Trinajstić information content (AvgIpc) is 3.09. The van der Waals surface area contributed by atoms with Gasteiger partial charge in [0.25, 0.3) is 5.91 Å². The molecule has 0 aliphatic heterocycles. The van der Waals surface area contributed by atoms with Crippen molar-refractivity contribution >= 4 is 17.4 Å². The lowest BCUT2D eigenvalue weighted by Crippen LogP contribution is -2.25. The van der Waals surface area contributed by atoms with Crippen LogP contribution in [0, 0.1) is 0 Å². The largest absolute Gasteiger partial charge is 0.382 e. The summed E-state index contributed by atoms with van der Waals surface area (Å²) < 4.78 is 1.62. The summed E-state index contributed by atoms with van der Waals surface area (Å²) in [6, 6.07) is 10.9. The van der Waals surface area contributed by atoms with Gasteiger partial charge in [0.15, 0.2) is 11.5 Å². The molecule has 0 aromatic carbocycles. The number of unbranched alkanes of at least 4 members (excludes halogenated alkanes) is 1. The zero-order chi connectivity index (χ0) is 20.2. The fraction of sp³-hybridized carbons (Fsp3) is 0.190.